The molecular weight excluding hydrogens is 202 g/mol. The molecule has 1 aromatic rings. The predicted molar refractivity (Wildman–Crippen MR) is 69.2 cm³/mol. The van der Waals surface area contributed by atoms with Crippen molar-refractivity contribution >= 4 is 17.3 Å². The van der Waals surface area contributed by atoms with E-state index in [1.54, 1.807) is 0 Å². The fourth-order valence-electron chi connectivity index (χ4n) is 1.74. The Labute approximate surface area is 96.0 Å². The number of benzene rings is 1. The van der Waals surface area contributed by atoms with Crippen molar-refractivity contribution in [3.05, 3.63) is 42.5 Å². The lowest BCUT2D eigenvalue weighted by Crippen LogP contribution is -2.29. The minimum atomic E-state index is 0.690. The molecule has 1 nitrogen and oxygen atoms in total. The first kappa shape index (κ1) is 10.8. The second-order valence-electron chi connectivity index (χ2n) is 3.91. The molecule has 2 heteroatoms. The summed E-state index contributed by atoms with van der Waals surface area (Å²) in [5.74, 6) is 2.55. The van der Waals surface area contributed by atoms with Gasteiger partial charge in [0.15, 0.2) is 0 Å². The Morgan fingerprint density at radius 1 is 1.40 bits per heavy atom. The Morgan fingerprint density at radius 2 is 2.20 bits per heavy atom. The van der Waals surface area contributed by atoms with Gasteiger partial charge in [-0.05, 0) is 23.3 Å². The average molecular weight is 219 g/mol. The van der Waals surface area contributed by atoms with Gasteiger partial charge in [0.2, 0.25) is 0 Å². The molecule has 0 radical (unpaired) electrons. The minimum absolute atomic E-state index is 0.690. The highest BCUT2D eigenvalue weighted by molar-refractivity contribution is 7.99. The van der Waals surface area contributed by atoms with Gasteiger partial charge in [-0.2, -0.15) is 11.8 Å². The van der Waals surface area contributed by atoms with Crippen molar-refractivity contribution in [2.75, 3.05) is 18.1 Å². The molecule has 0 saturated carbocycles. The molecule has 1 fully saturated rings. The molecule has 1 saturated heterocycles. The van der Waals surface area contributed by atoms with E-state index in [0.29, 0.717) is 6.04 Å². The largest absolute Gasteiger partial charge is 0.309 e. The van der Waals surface area contributed by atoms with Crippen molar-refractivity contribution in [1.29, 1.82) is 0 Å². The van der Waals surface area contributed by atoms with Gasteiger partial charge in [-0.3, -0.25) is 0 Å². The van der Waals surface area contributed by atoms with Gasteiger partial charge in [-0.25, -0.2) is 0 Å². The van der Waals surface area contributed by atoms with Gasteiger partial charge < -0.3 is 5.32 Å². The zero-order chi connectivity index (χ0) is 10.5. The second-order valence-corrected chi connectivity index (χ2v) is 5.06. The van der Waals surface area contributed by atoms with Crippen molar-refractivity contribution in [3.8, 4) is 0 Å². The summed E-state index contributed by atoms with van der Waals surface area (Å²) in [6.07, 6.45) is 1.30. The molecule has 80 valence electrons. The van der Waals surface area contributed by atoms with Gasteiger partial charge in [0.05, 0.1) is 0 Å². The molecule has 1 aliphatic rings. The molecule has 0 aliphatic carbocycles. The summed E-state index contributed by atoms with van der Waals surface area (Å²) in [7, 11) is 0. The van der Waals surface area contributed by atoms with Crippen LogP contribution in [0.2, 0.25) is 0 Å². The van der Waals surface area contributed by atoms with Crippen LogP contribution in [-0.2, 0) is 0 Å². The van der Waals surface area contributed by atoms with Crippen molar-refractivity contribution in [2.24, 2.45) is 0 Å². The molecule has 1 N–H and O–H groups in total. The summed E-state index contributed by atoms with van der Waals surface area (Å²) in [4.78, 5) is 0. The molecule has 2 rings (SSSR count). The summed E-state index contributed by atoms with van der Waals surface area (Å²) < 4.78 is 0. The molecule has 1 aromatic carbocycles. The Bertz CT molecular complexity index is 315. The van der Waals surface area contributed by atoms with Crippen LogP contribution in [0.1, 0.15) is 12.0 Å². The van der Waals surface area contributed by atoms with Crippen LogP contribution in [-0.4, -0.2) is 24.1 Å². The smallest absolute Gasteiger partial charge is 0.0208 e. The van der Waals surface area contributed by atoms with Crippen LogP contribution in [0.3, 0.4) is 0 Å². The van der Waals surface area contributed by atoms with Gasteiger partial charge in [-0.1, -0.05) is 36.9 Å². The highest BCUT2D eigenvalue weighted by atomic mass is 32.2. The van der Waals surface area contributed by atoms with E-state index in [4.69, 9.17) is 0 Å². The summed E-state index contributed by atoms with van der Waals surface area (Å²) >= 11 is 2.04. The lowest BCUT2D eigenvalue weighted by Gasteiger charge is -2.12. The average Bonchev–Trinajstić information content (AvgIpc) is 2.80. The first-order chi connectivity index (χ1) is 7.36. The topological polar surface area (TPSA) is 12.0 Å². The van der Waals surface area contributed by atoms with Crippen LogP contribution in [0.25, 0.3) is 5.57 Å². The van der Waals surface area contributed by atoms with Crippen molar-refractivity contribution in [3.63, 3.8) is 0 Å². The van der Waals surface area contributed by atoms with Crippen LogP contribution in [0.15, 0.2) is 36.9 Å². The van der Waals surface area contributed by atoms with E-state index in [2.05, 4.69) is 36.2 Å². The molecule has 15 heavy (non-hydrogen) atoms. The first-order valence-electron chi connectivity index (χ1n) is 5.40. The number of nitrogens with one attached hydrogen (secondary N) is 1. The van der Waals surface area contributed by atoms with Crippen LogP contribution >= 0.6 is 11.8 Å². The van der Waals surface area contributed by atoms with E-state index < -0.39 is 0 Å². The monoisotopic (exact) mass is 219 g/mol. The van der Waals surface area contributed by atoms with Gasteiger partial charge in [-0.15, -0.1) is 0 Å². The number of thioether (sulfide) groups is 1. The maximum atomic E-state index is 4.12. The van der Waals surface area contributed by atoms with E-state index in [-0.39, 0.29) is 0 Å². The van der Waals surface area contributed by atoms with E-state index in [1.807, 2.05) is 17.8 Å². The Morgan fingerprint density at radius 3 is 2.87 bits per heavy atom. The van der Waals surface area contributed by atoms with Crippen LogP contribution in [0.5, 0.6) is 0 Å². The van der Waals surface area contributed by atoms with Gasteiger partial charge in [0.25, 0.3) is 0 Å². The first-order valence-corrected chi connectivity index (χ1v) is 6.56. The van der Waals surface area contributed by atoms with E-state index in [1.165, 1.54) is 29.1 Å². The summed E-state index contributed by atoms with van der Waals surface area (Å²) in [5, 5.41) is 3.56. The zero-order valence-electron chi connectivity index (χ0n) is 8.91. The number of rotatable bonds is 4. The molecule has 1 atom stereocenters. The van der Waals surface area contributed by atoms with E-state index in [0.717, 1.165) is 6.54 Å². The van der Waals surface area contributed by atoms with Gasteiger partial charge in [0.1, 0.15) is 0 Å². The highest BCUT2D eigenvalue weighted by Gasteiger charge is 2.14. The quantitative estimate of drug-likeness (QED) is 0.835. The molecular formula is C13H17NS. The summed E-state index contributed by atoms with van der Waals surface area (Å²) in [6, 6.07) is 11.1. The molecule has 0 spiro atoms. The third-order valence-corrected chi connectivity index (χ3v) is 3.88. The standard InChI is InChI=1S/C13H17NS/c1-11(12-5-3-2-4-6-12)9-14-13-7-8-15-10-13/h2-6,13-14H,1,7-10H2. The maximum absolute atomic E-state index is 4.12. The Kier molecular flexibility index (Phi) is 3.87. The zero-order valence-corrected chi connectivity index (χ0v) is 9.72. The molecule has 1 aliphatic heterocycles. The number of hydrogen-bond donors (Lipinski definition) is 1. The summed E-state index contributed by atoms with van der Waals surface area (Å²) in [6.45, 7) is 5.03. The van der Waals surface area contributed by atoms with Crippen molar-refractivity contribution in [1.82, 2.24) is 5.32 Å². The van der Waals surface area contributed by atoms with Gasteiger partial charge in [0, 0.05) is 18.3 Å². The number of hydrogen-bond acceptors (Lipinski definition) is 2. The van der Waals surface area contributed by atoms with E-state index in [9.17, 15) is 0 Å². The van der Waals surface area contributed by atoms with E-state index >= 15 is 0 Å². The molecule has 1 heterocycles. The fourth-order valence-corrected chi connectivity index (χ4v) is 2.93. The Balaban J connectivity index is 1.82. The van der Waals surface area contributed by atoms with Crippen LogP contribution < -0.4 is 5.32 Å². The van der Waals surface area contributed by atoms with Crippen LogP contribution in [0, 0.1) is 0 Å². The van der Waals surface area contributed by atoms with Crippen molar-refractivity contribution in [2.45, 2.75) is 12.5 Å². The molecule has 0 amide bonds. The van der Waals surface area contributed by atoms with Crippen molar-refractivity contribution < 1.29 is 0 Å². The normalized spacial score (nSPS) is 20.4. The highest BCUT2D eigenvalue weighted by Crippen LogP contribution is 2.18. The molecule has 0 aromatic heterocycles. The summed E-state index contributed by atoms with van der Waals surface area (Å²) in [5.41, 5.74) is 2.43. The lowest BCUT2D eigenvalue weighted by atomic mass is 10.1. The third-order valence-electron chi connectivity index (χ3n) is 2.72. The van der Waals surface area contributed by atoms with Gasteiger partial charge >= 0.3 is 0 Å². The maximum Gasteiger partial charge on any atom is 0.0208 e. The minimum Gasteiger partial charge on any atom is -0.309 e. The predicted octanol–water partition coefficient (Wildman–Crippen LogP) is 2.79. The fraction of sp³-hybridized carbons (Fsp3) is 0.385. The molecule has 1 unspecified atom stereocenters. The second kappa shape index (κ2) is 5.38. The van der Waals surface area contributed by atoms with Crippen LogP contribution in [0.4, 0.5) is 0 Å². The Hall–Kier alpha value is -0.730. The lowest BCUT2D eigenvalue weighted by molar-refractivity contribution is 0.599. The molecule has 0 bridgehead atoms. The SMILES string of the molecule is C=C(CNC1CCSC1)c1ccccc1. The third kappa shape index (κ3) is 3.11.